The number of carbonyl (C=O) groups excluding carboxylic acids is 2. The Bertz CT molecular complexity index is 1160. The molecule has 0 N–H and O–H groups in total. The fourth-order valence-corrected chi connectivity index (χ4v) is 5.34. The topological polar surface area (TPSA) is 75.9 Å². The van der Waals surface area contributed by atoms with Crippen LogP contribution in [0.25, 0.3) is 11.0 Å². The van der Waals surface area contributed by atoms with Crippen molar-refractivity contribution in [3.05, 3.63) is 65.4 Å². The van der Waals surface area contributed by atoms with Gasteiger partial charge in [0.05, 0.1) is 25.0 Å². The smallest absolute Gasteiger partial charge is 0.233 e. The van der Waals surface area contributed by atoms with Crippen LogP contribution in [0.2, 0.25) is 0 Å². The number of benzene rings is 2. The monoisotopic (exact) mass is 417 g/mol. The summed E-state index contributed by atoms with van der Waals surface area (Å²) < 4.78 is 11.1. The Balaban J connectivity index is 1.21. The van der Waals surface area contributed by atoms with Crippen molar-refractivity contribution >= 4 is 22.8 Å². The molecule has 0 radical (unpaired) electrons. The summed E-state index contributed by atoms with van der Waals surface area (Å²) in [4.78, 5) is 30.5. The summed E-state index contributed by atoms with van der Waals surface area (Å²) in [5.74, 6) is 0.112. The largest absolute Gasteiger partial charge is 0.380 e. The summed E-state index contributed by atoms with van der Waals surface area (Å²) in [6.45, 7) is 3.09. The van der Waals surface area contributed by atoms with Gasteiger partial charge in [-0.2, -0.15) is 0 Å². The van der Waals surface area contributed by atoms with Crippen LogP contribution >= 0.6 is 0 Å². The van der Waals surface area contributed by atoms with Crippen molar-refractivity contribution in [1.82, 2.24) is 15.0 Å². The predicted octanol–water partition coefficient (Wildman–Crippen LogP) is 2.39. The normalized spacial score (nSPS) is 24.6. The van der Waals surface area contributed by atoms with Crippen LogP contribution in [-0.4, -0.2) is 53.1 Å². The molecule has 158 valence electrons. The van der Waals surface area contributed by atoms with Gasteiger partial charge < -0.3 is 19.1 Å². The van der Waals surface area contributed by atoms with E-state index in [1.54, 1.807) is 0 Å². The SMILES string of the molecule is O=C(Cc1noc2ccccc12)N1C[C@H]2COC[C@@]2(C(=O)N2Cc3ccccc3C2)C1. The van der Waals surface area contributed by atoms with E-state index in [4.69, 9.17) is 9.26 Å². The highest BCUT2D eigenvalue weighted by atomic mass is 16.5. The van der Waals surface area contributed by atoms with E-state index < -0.39 is 5.41 Å². The number of aromatic nitrogens is 1. The van der Waals surface area contributed by atoms with Crippen molar-refractivity contribution < 1.29 is 18.8 Å². The lowest BCUT2D eigenvalue weighted by Crippen LogP contribution is -2.47. The summed E-state index contributed by atoms with van der Waals surface area (Å²) in [5.41, 5.74) is 3.07. The maximum Gasteiger partial charge on any atom is 0.233 e. The number of fused-ring (bicyclic) bond motifs is 3. The fraction of sp³-hybridized carbons (Fsp3) is 0.375. The van der Waals surface area contributed by atoms with Crippen LogP contribution in [0.15, 0.2) is 53.1 Å². The first-order valence-corrected chi connectivity index (χ1v) is 10.7. The molecule has 2 aromatic carbocycles. The van der Waals surface area contributed by atoms with Crippen LogP contribution in [0.4, 0.5) is 0 Å². The van der Waals surface area contributed by atoms with Crippen molar-refractivity contribution in [2.24, 2.45) is 11.3 Å². The third-order valence-electron chi connectivity index (χ3n) is 7.05. The zero-order valence-electron chi connectivity index (χ0n) is 17.1. The highest BCUT2D eigenvalue weighted by Crippen LogP contribution is 2.44. The van der Waals surface area contributed by atoms with Crippen LogP contribution in [0.3, 0.4) is 0 Å². The quantitative estimate of drug-likeness (QED) is 0.654. The maximum absolute atomic E-state index is 13.7. The zero-order valence-corrected chi connectivity index (χ0v) is 17.1. The van der Waals surface area contributed by atoms with E-state index >= 15 is 0 Å². The molecule has 31 heavy (non-hydrogen) atoms. The van der Waals surface area contributed by atoms with E-state index in [9.17, 15) is 9.59 Å². The predicted molar refractivity (Wildman–Crippen MR) is 112 cm³/mol. The van der Waals surface area contributed by atoms with Crippen LogP contribution in [0.1, 0.15) is 16.8 Å². The molecule has 0 unspecified atom stereocenters. The summed E-state index contributed by atoms with van der Waals surface area (Å²) in [6.07, 6.45) is 0.171. The van der Waals surface area contributed by atoms with Crippen LogP contribution in [0, 0.1) is 11.3 Å². The number of hydrogen-bond donors (Lipinski definition) is 0. The molecule has 2 saturated heterocycles. The minimum atomic E-state index is -0.649. The number of hydrogen-bond acceptors (Lipinski definition) is 5. The van der Waals surface area contributed by atoms with Crippen molar-refractivity contribution in [2.75, 3.05) is 26.3 Å². The Morgan fingerprint density at radius 3 is 2.58 bits per heavy atom. The molecule has 4 heterocycles. The van der Waals surface area contributed by atoms with Gasteiger partial charge in [0.2, 0.25) is 11.8 Å². The standard InChI is InChI=1S/C24H23N3O4/c28-22(9-20-19-7-3-4-8-21(19)31-25-20)27-12-18-13-30-15-24(18,14-27)23(29)26-10-16-5-1-2-6-17(16)11-26/h1-8,18H,9-15H2/t18-,24-/m0/s1. The lowest BCUT2D eigenvalue weighted by atomic mass is 9.79. The van der Waals surface area contributed by atoms with E-state index in [1.165, 1.54) is 11.1 Å². The van der Waals surface area contributed by atoms with E-state index in [0.29, 0.717) is 50.7 Å². The molecular weight excluding hydrogens is 394 g/mol. The minimum absolute atomic E-state index is 0.0228. The third-order valence-corrected chi connectivity index (χ3v) is 7.05. The molecule has 2 fully saturated rings. The van der Waals surface area contributed by atoms with Crippen molar-refractivity contribution in [1.29, 1.82) is 0 Å². The number of para-hydroxylation sites is 1. The van der Waals surface area contributed by atoms with Crippen molar-refractivity contribution in [3.8, 4) is 0 Å². The molecule has 1 aromatic heterocycles. The van der Waals surface area contributed by atoms with Gasteiger partial charge in [0.25, 0.3) is 0 Å². The molecular formula is C24H23N3O4. The summed E-state index contributed by atoms with van der Waals surface area (Å²) in [5, 5.41) is 4.96. The molecule has 2 atom stereocenters. The molecule has 0 spiro atoms. The molecule has 6 rings (SSSR count). The Kier molecular flexibility index (Phi) is 4.14. The number of ether oxygens (including phenoxy) is 1. The van der Waals surface area contributed by atoms with Gasteiger partial charge in [-0.15, -0.1) is 0 Å². The lowest BCUT2D eigenvalue weighted by molar-refractivity contribution is -0.144. The van der Waals surface area contributed by atoms with Gasteiger partial charge in [0.1, 0.15) is 5.69 Å². The number of likely N-dealkylation sites (tertiary alicyclic amines) is 1. The van der Waals surface area contributed by atoms with E-state index in [-0.39, 0.29) is 24.2 Å². The Morgan fingerprint density at radius 2 is 1.77 bits per heavy atom. The van der Waals surface area contributed by atoms with Crippen LogP contribution < -0.4 is 0 Å². The minimum Gasteiger partial charge on any atom is -0.380 e. The molecule has 2 amide bonds. The van der Waals surface area contributed by atoms with Gasteiger partial charge in [-0.05, 0) is 23.3 Å². The second-order valence-electron chi connectivity index (χ2n) is 8.87. The summed E-state index contributed by atoms with van der Waals surface area (Å²) >= 11 is 0. The molecule has 0 aliphatic carbocycles. The highest BCUT2D eigenvalue weighted by molar-refractivity contribution is 5.89. The van der Waals surface area contributed by atoms with E-state index in [2.05, 4.69) is 17.3 Å². The average Bonchev–Trinajstić information content (AvgIpc) is 3.54. The van der Waals surface area contributed by atoms with Gasteiger partial charge in [-0.3, -0.25) is 9.59 Å². The Labute approximate surface area is 179 Å². The zero-order chi connectivity index (χ0) is 21.0. The summed E-state index contributed by atoms with van der Waals surface area (Å²) in [6, 6.07) is 15.7. The molecule has 3 aliphatic rings. The van der Waals surface area contributed by atoms with Gasteiger partial charge in [0.15, 0.2) is 5.58 Å². The number of carbonyl (C=O) groups is 2. The van der Waals surface area contributed by atoms with Gasteiger partial charge in [0, 0.05) is 37.5 Å². The van der Waals surface area contributed by atoms with Gasteiger partial charge in [-0.1, -0.05) is 41.6 Å². The van der Waals surface area contributed by atoms with Gasteiger partial charge >= 0.3 is 0 Å². The molecule has 7 heteroatoms. The van der Waals surface area contributed by atoms with Crippen LogP contribution in [-0.2, 0) is 33.8 Å². The first-order valence-electron chi connectivity index (χ1n) is 10.7. The Morgan fingerprint density at radius 1 is 1.03 bits per heavy atom. The number of amides is 2. The fourth-order valence-electron chi connectivity index (χ4n) is 5.34. The van der Waals surface area contributed by atoms with Crippen molar-refractivity contribution in [3.63, 3.8) is 0 Å². The number of rotatable bonds is 3. The molecule has 3 aliphatic heterocycles. The lowest BCUT2D eigenvalue weighted by Gasteiger charge is -2.30. The number of nitrogens with zero attached hydrogens (tertiary/aromatic N) is 3. The van der Waals surface area contributed by atoms with E-state index in [1.807, 2.05) is 46.2 Å². The average molecular weight is 417 g/mol. The molecule has 0 saturated carbocycles. The molecule has 0 bridgehead atoms. The van der Waals surface area contributed by atoms with Crippen molar-refractivity contribution in [2.45, 2.75) is 19.5 Å². The first kappa shape index (κ1) is 18.6. The maximum atomic E-state index is 13.7. The Hall–Kier alpha value is -3.19. The third kappa shape index (κ3) is 2.87. The highest BCUT2D eigenvalue weighted by Gasteiger charge is 2.58. The van der Waals surface area contributed by atoms with Crippen LogP contribution in [0.5, 0.6) is 0 Å². The second kappa shape index (κ2) is 6.92. The van der Waals surface area contributed by atoms with Gasteiger partial charge in [-0.25, -0.2) is 0 Å². The molecule has 7 nitrogen and oxygen atoms in total. The summed E-state index contributed by atoms with van der Waals surface area (Å²) in [7, 11) is 0. The molecule has 3 aromatic rings. The van der Waals surface area contributed by atoms with E-state index in [0.717, 1.165) is 5.39 Å². The second-order valence-corrected chi connectivity index (χ2v) is 8.87. The first-order chi connectivity index (χ1) is 15.1.